The summed E-state index contributed by atoms with van der Waals surface area (Å²) in [6.07, 6.45) is 2.47. The molecule has 2 amide bonds. The van der Waals surface area contributed by atoms with Gasteiger partial charge in [0.05, 0.1) is 10.9 Å². The van der Waals surface area contributed by atoms with Crippen LogP contribution in [0.4, 0.5) is 11.5 Å². The summed E-state index contributed by atoms with van der Waals surface area (Å²) in [7, 11) is 0. The Labute approximate surface area is 137 Å². The molecule has 1 saturated carbocycles. The maximum absolute atomic E-state index is 12.2. The van der Waals surface area contributed by atoms with Crippen LogP contribution in [0.2, 0.25) is 0 Å². The molecule has 0 bridgehead atoms. The zero-order valence-electron chi connectivity index (χ0n) is 12.3. The van der Waals surface area contributed by atoms with Gasteiger partial charge in [0.25, 0.3) is 0 Å². The first kappa shape index (κ1) is 14.3. The summed E-state index contributed by atoms with van der Waals surface area (Å²) in [5.74, 6) is 0.748. The molecule has 2 aliphatic rings. The largest absolute Gasteiger partial charge is 0.324 e. The summed E-state index contributed by atoms with van der Waals surface area (Å²) >= 11 is 1.42. The number of carbonyl (C=O) groups is 2. The molecule has 1 aromatic carbocycles. The van der Waals surface area contributed by atoms with Gasteiger partial charge in [-0.15, -0.1) is 11.8 Å². The Morgan fingerprint density at radius 1 is 1.35 bits per heavy atom. The molecule has 0 radical (unpaired) electrons. The second kappa shape index (κ2) is 5.73. The van der Waals surface area contributed by atoms with Crippen LogP contribution in [0, 0.1) is 0 Å². The van der Waals surface area contributed by atoms with Crippen molar-refractivity contribution >= 4 is 35.1 Å². The third-order valence-electron chi connectivity index (χ3n) is 3.96. The lowest BCUT2D eigenvalue weighted by atomic mass is 10.2. The standard InChI is InChI=1S/C16H16N4O2S/c21-15(18-14-7-11(19-20-14)9-5-6-9)8-13-16(22)17-10-3-1-2-4-12(10)23-13/h1-4,7,9,13H,5-6,8H2,(H,17,22)(H2,18,19,20,21)/t13-/m1/s1. The van der Waals surface area contributed by atoms with Crippen molar-refractivity contribution in [2.45, 2.75) is 35.3 Å². The van der Waals surface area contributed by atoms with Gasteiger partial charge in [0.2, 0.25) is 11.8 Å². The number of nitrogens with zero attached hydrogens (tertiary/aromatic N) is 1. The molecular weight excluding hydrogens is 312 g/mol. The van der Waals surface area contributed by atoms with E-state index in [4.69, 9.17) is 0 Å². The first-order chi connectivity index (χ1) is 11.2. The Bertz CT molecular complexity index is 769. The van der Waals surface area contributed by atoms with E-state index in [1.807, 2.05) is 30.3 Å². The predicted molar refractivity (Wildman–Crippen MR) is 88.5 cm³/mol. The third kappa shape index (κ3) is 3.10. The Hall–Kier alpha value is -2.28. The lowest BCUT2D eigenvalue weighted by Crippen LogP contribution is -2.32. The summed E-state index contributed by atoms with van der Waals surface area (Å²) in [6, 6.07) is 9.48. The molecule has 1 aromatic heterocycles. The summed E-state index contributed by atoms with van der Waals surface area (Å²) in [5.41, 5.74) is 1.87. The molecule has 3 N–H and O–H groups in total. The average molecular weight is 328 g/mol. The number of fused-ring (bicyclic) bond motifs is 1. The molecule has 2 aromatic rings. The van der Waals surface area contributed by atoms with Gasteiger partial charge in [0, 0.05) is 29.0 Å². The van der Waals surface area contributed by atoms with Crippen LogP contribution in [0.3, 0.4) is 0 Å². The number of para-hydroxylation sites is 1. The molecule has 4 rings (SSSR count). The molecule has 0 spiro atoms. The van der Waals surface area contributed by atoms with Gasteiger partial charge in [-0.2, -0.15) is 5.10 Å². The Kier molecular flexibility index (Phi) is 3.57. The number of aromatic amines is 1. The average Bonchev–Trinajstić information content (AvgIpc) is 3.28. The van der Waals surface area contributed by atoms with Crippen molar-refractivity contribution in [2.75, 3.05) is 10.6 Å². The van der Waals surface area contributed by atoms with Crippen LogP contribution in [-0.4, -0.2) is 27.3 Å². The normalized spacial score (nSPS) is 19.8. The SMILES string of the molecule is O=C(C[C@H]1Sc2ccccc2NC1=O)Nc1cc(C2CC2)[nH]n1. The third-order valence-corrected chi connectivity index (χ3v) is 5.23. The molecule has 6 nitrogen and oxygen atoms in total. The minimum Gasteiger partial charge on any atom is -0.324 e. The van der Waals surface area contributed by atoms with Crippen LogP contribution in [0.1, 0.15) is 30.9 Å². The maximum atomic E-state index is 12.2. The highest BCUT2D eigenvalue weighted by Gasteiger charge is 2.29. The second-order valence-electron chi connectivity index (χ2n) is 5.83. The predicted octanol–water partition coefficient (Wildman–Crippen LogP) is 2.73. The fourth-order valence-electron chi connectivity index (χ4n) is 2.59. The molecule has 1 atom stereocenters. The minimum absolute atomic E-state index is 0.121. The molecule has 0 unspecified atom stereocenters. The van der Waals surface area contributed by atoms with E-state index in [2.05, 4.69) is 20.8 Å². The van der Waals surface area contributed by atoms with Gasteiger partial charge in [0.15, 0.2) is 5.82 Å². The van der Waals surface area contributed by atoms with Crippen LogP contribution in [-0.2, 0) is 9.59 Å². The molecule has 1 aliphatic carbocycles. The molecule has 7 heteroatoms. The van der Waals surface area contributed by atoms with Gasteiger partial charge in [0.1, 0.15) is 0 Å². The van der Waals surface area contributed by atoms with E-state index in [9.17, 15) is 9.59 Å². The van der Waals surface area contributed by atoms with Gasteiger partial charge >= 0.3 is 0 Å². The Balaban J connectivity index is 1.39. The van der Waals surface area contributed by atoms with Crippen molar-refractivity contribution in [3.63, 3.8) is 0 Å². The molecule has 1 aliphatic heterocycles. The van der Waals surface area contributed by atoms with E-state index >= 15 is 0 Å². The van der Waals surface area contributed by atoms with E-state index in [0.717, 1.165) is 16.3 Å². The number of carbonyl (C=O) groups excluding carboxylic acids is 2. The van der Waals surface area contributed by atoms with Gasteiger partial charge in [-0.1, -0.05) is 12.1 Å². The number of hydrogen-bond acceptors (Lipinski definition) is 4. The van der Waals surface area contributed by atoms with Crippen molar-refractivity contribution in [2.24, 2.45) is 0 Å². The number of aromatic nitrogens is 2. The fourth-order valence-corrected chi connectivity index (χ4v) is 3.70. The lowest BCUT2D eigenvalue weighted by Gasteiger charge is -2.23. The first-order valence-corrected chi connectivity index (χ1v) is 8.49. The number of amides is 2. The Morgan fingerprint density at radius 3 is 3.00 bits per heavy atom. The number of rotatable bonds is 4. The molecule has 2 heterocycles. The summed E-state index contributed by atoms with van der Waals surface area (Å²) in [4.78, 5) is 25.3. The van der Waals surface area contributed by atoms with Gasteiger partial charge in [-0.25, -0.2) is 0 Å². The van der Waals surface area contributed by atoms with Crippen molar-refractivity contribution in [1.29, 1.82) is 0 Å². The van der Waals surface area contributed by atoms with E-state index in [-0.39, 0.29) is 18.2 Å². The van der Waals surface area contributed by atoms with E-state index < -0.39 is 5.25 Å². The van der Waals surface area contributed by atoms with Gasteiger partial charge < -0.3 is 10.6 Å². The molecule has 0 saturated heterocycles. The van der Waals surface area contributed by atoms with Crippen LogP contribution in [0.15, 0.2) is 35.2 Å². The highest BCUT2D eigenvalue weighted by atomic mass is 32.2. The maximum Gasteiger partial charge on any atom is 0.238 e. The lowest BCUT2D eigenvalue weighted by molar-refractivity contribution is -0.120. The molecule has 23 heavy (non-hydrogen) atoms. The smallest absolute Gasteiger partial charge is 0.238 e. The van der Waals surface area contributed by atoms with Crippen LogP contribution in [0.25, 0.3) is 0 Å². The van der Waals surface area contributed by atoms with Gasteiger partial charge in [-0.3, -0.25) is 14.7 Å². The molecule has 118 valence electrons. The van der Waals surface area contributed by atoms with E-state index in [1.165, 1.54) is 24.6 Å². The monoisotopic (exact) mass is 328 g/mol. The Morgan fingerprint density at radius 2 is 2.17 bits per heavy atom. The number of thioether (sulfide) groups is 1. The molecular formula is C16H16N4O2S. The second-order valence-corrected chi connectivity index (χ2v) is 7.07. The van der Waals surface area contributed by atoms with Crippen LogP contribution in [0.5, 0.6) is 0 Å². The van der Waals surface area contributed by atoms with Crippen LogP contribution < -0.4 is 10.6 Å². The van der Waals surface area contributed by atoms with Crippen LogP contribution >= 0.6 is 11.8 Å². The van der Waals surface area contributed by atoms with Crippen molar-refractivity contribution in [1.82, 2.24) is 10.2 Å². The number of benzene rings is 1. The zero-order chi connectivity index (χ0) is 15.8. The number of anilines is 2. The van der Waals surface area contributed by atoms with Gasteiger partial charge in [-0.05, 0) is 25.0 Å². The highest BCUT2D eigenvalue weighted by Crippen LogP contribution is 2.39. The summed E-state index contributed by atoms with van der Waals surface area (Å²) in [5, 5.41) is 12.2. The first-order valence-electron chi connectivity index (χ1n) is 7.61. The quantitative estimate of drug-likeness (QED) is 0.805. The number of nitrogens with one attached hydrogen (secondary N) is 3. The van der Waals surface area contributed by atoms with Crippen molar-refractivity contribution in [3.05, 3.63) is 36.0 Å². The summed E-state index contributed by atoms with van der Waals surface area (Å²) < 4.78 is 0. The zero-order valence-corrected chi connectivity index (χ0v) is 13.2. The van der Waals surface area contributed by atoms with E-state index in [1.54, 1.807) is 0 Å². The van der Waals surface area contributed by atoms with Crippen molar-refractivity contribution in [3.8, 4) is 0 Å². The number of H-pyrrole nitrogens is 1. The van der Waals surface area contributed by atoms with E-state index in [0.29, 0.717) is 11.7 Å². The minimum atomic E-state index is -0.424. The summed E-state index contributed by atoms with van der Waals surface area (Å²) in [6.45, 7) is 0. The number of hydrogen-bond donors (Lipinski definition) is 3. The molecule has 1 fully saturated rings. The topological polar surface area (TPSA) is 86.9 Å². The highest BCUT2D eigenvalue weighted by molar-refractivity contribution is 8.01. The van der Waals surface area contributed by atoms with Crippen molar-refractivity contribution < 1.29 is 9.59 Å². The fraction of sp³-hybridized carbons (Fsp3) is 0.312.